The first kappa shape index (κ1) is 40.8. The molecule has 0 aromatic heterocycles. The van der Waals surface area contributed by atoms with Crippen molar-refractivity contribution in [3.05, 3.63) is 118 Å². The molecule has 280 valence electrons. The van der Waals surface area contributed by atoms with Crippen LogP contribution in [-0.4, -0.2) is 11.6 Å². The number of hydrogen-bond donors (Lipinski definition) is 0. The molecular weight excluding hydrogens is 694 g/mol. The SMILES string of the molecule is CC1=C/C(=C\N=N\c2ccc(-c3cc(C(F)(F)F)c(/N=N/C=C4C=C(C(C)(C)C)C(=O)C(C(C)(C)C)=C4)c(C(F)(F)F)c3)cc2)C=C(C(C)(C)C)C1=O. The van der Waals surface area contributed by atoms with Crippen LogP contribution in [0.1, 0.15) is 80.4 Å². The summed E-state index contributed by atoms with van der Waals surface area (Å²) in [5, 5.41) is 15.3. The summed E-state index contributed by atoms with van der Waals surface area (Å²) in [5.41, 5.74) is -3.23. The molecule has 12 heteroatoms. The van der Waals surface area contributed by atoms with E-state index in [2.05, 4.69) is 20.5 Å². The summed E-state index contributed by atoms with van der Waals surface area (Å²) in [6, 6.07) is 6.70. The average molecular weight is 737 g/mol. The molecule has 0 saturated carbocycles. The maximum Gasteiger partial charge on any atom is 0.418 e. The number of carbonyl (C=O) groups excluding carboxylic acids is 2. The van der Waals surface area contributed by atoms with Crippen LogP contribution in [0, 0.1) is 16.2 Å². The number of azo groups is 2. The first-order chi connectivity index (χ1) is 24.2. The third-order valence-corrected chi connectivity index (χ3v) is 8.50. The molecule has 2 aliphatic carbocycles. The molecule has 0 atom stereocenters. The number of Topliss-reactive ketones (excluding diaryl/α,β-unsaturated/α-hetero) is 2. The van der Waals surface area contributed by atoms with Crippen LogP contribution in [0.5, 0.6) is 0 Å². The highest BCUT2D eigenvalue weighted by atomic mass is 19.4. The number of allylic oxidation sites excluding steroid dienone is 10. The molecule has 4 rings (SSSR count). The van der Waals surface area contributed by atoms with Gasteiger partial charge in [-0.1, -0.05) is 74.4 Å². The van der Waals surface area contributed by atoms with Crippen molar-refractivity contribution in [3.8, 4) is 11.1 Å². The molecule has 0 amide bonds. The number of ketones is 2. The lowest BCUT2D eigenvalue weighted by Crippen LogP contribution is -2.27. The minimum atomic E-state index is -5.22. The largest absolute Gasteiger partial charge is 0.418 e. The molecule has 0 radical (unpaired) electrons. The molecular formula is C41H42F6N4O2. The van der Waals surface area contributed by atoms with E-state index < -0.39 is 45.4 Å². The predicted octanol–water partition coefficient (Wildman–Crippen LogP) is 13.4. The van der Waals surface area contributed by atoms with Crippen LogP contribution in [0.3, 0.4) is 0 Å². The lowest BCUT2D eigenvalue weighted by molar-refractivity contribution is -0.142. The van der Waals surface area contributed by atoms with Gasteiger partial charge in [-0.2, -0.15) is 41.7 Å². The van der Waals surface area contributed by atoms with Crippen LogP contribution in [0.2, 0.25) is 0 Å². The highest BCUT2D eigenvalue weighted by molar-refractivity contribution is 6.12. The van der Waals surface area contributed by atoms with Crippen LogP contribution in [-0.2, 0) is 21.9 Å². The van der Waals surface area contributed by atoms with Crippen molar-refractivity contribution in [2.75, 3.05) is 0 Å². The molecule has 0 fully saturated rings. The van der Waals surface area contributed by atoms with E-state index in [9.17, 15) is 35.9 Å². The fourth-order valence-electron chi connectivity index (χ4n) is 5.65. The quantitative estimate of drug-likeness (QED) is 0.226. The van der Waals surface area contributed by atoms with Crippen molar-refractivity contribution < 1.29 is 35.9 Å². The Hall–Kier alpha value is -5.00. The van der Waals surface area contributed by atoms with Gasteiger partial charge in [-0.25, -0.2) is 0 Å². The van der Waals surface area contributed by atoms with E-state index in [0.717, 1.165) is 6.20 Å². The Morgan fingerprint density at radius 2 is 0.925 bits per heavy atom. The molecule has 2 aromatic rings. The number of halogens is 6. The molecule has 0 saturated heterocycles. The van der Waals surface area contributed by atoms with Crippen LogP contribution < -0.4 is 0 Å². The predicted molar refractivity (Wildman–Crippen MR) is 193 cm³/mol. The van der Waals surface area contributed by atoms with Crippen molar-refractivity contribution in [1.29, 1.82) is 0 Å². The van der Waals surface area contributed by atoms with Crippen LogP contribution in [0.4, 0.5) is 37.7 Å². The zero-order chi connectivity index (χ0) is 39.9. The Bertz CT molecular complexity index is 1990. The second-order valence-electron chi connectivity index (χ2n) is 16.1. The second kappa shape index (κ2) is 14.4. The molecule has 0 unspecified atom stereocenters. The van der Waals surface area contributed by atoms with Gasteiger partial charge in [0.25, 0.3) is 0 Å². The Morgan fingerprint density at radius 1 is 0.528 bits per heavy atom. The Balaban J connectivity index is 1.73. The molecule has 0 aliphatic heterocycles. The summed E-state index contributed by atoms with van der Waals surface area (Å²) < 4.78 is 86.4. The number of benzene rings is 2. The number of hydrogen-bond acceptors (Lipinski definition) is 6. The van der Waals surface area contributed by atoms with Gasteiger partial charge in [0.1, 0.15) is 5.69 Å². The molecule has 2 aliphatic rings. The normalized spacial score (nSPS) is 17.4. The molecule has 0 heterocycles. The second-order valence-corrected chi connectivity index (χ2v) is 16.1. The molecule has 53 heavy (non-hydrogen) atoms. The number of carbonyl (C=O) groups is 2. The maximum atomic E-state index is 14.4. The van der Waals surface area contributed by atoms with Gasteiger partial charge >= 0.3 is 12.4 Å². The average Bonchev–Trinajstić information content (AvgIpc) is 3.01. The smallest absolute Gasteiger partial charge is 0.289 e. The summed E-state index contributed by atoms with van der Waals surface area (Å²) in [4.78, 5) is 25.8. The first-order valence-electron chi connectivity index (χ1n) is 16.8. The number of nitrogens with zero attached hydrogens (tertiary/aromatic N) is 4. The van der Waals surface area contributed by atoms with Gasteiger partial charge in [-0.3, -0.25) is 9.59 Å². The Morgan fingerprint density at radius 3 is 1.34 bits per heavy atom. The number of alkyl halides is 6. The van der Waals surface area contributed by atoms with Crippen molar-refractivity contribution in [2.45, 2.75) is 81.6 Å². The summed E-state index contributed by atoms with van der Waals surface area (Å²) in [5.74, 6) is -0.255. The topological polar surface area (TPSA) is 83.6 Å². The fraction of sp³-hybridized carbons (Fsp3) is 0.366. The lowest BCUT2D eigenvalue weighted by atomic mass is 9.72. The van der Waals surface area contributed by atoms with E-state index in [1.165, 1.54) is 42.6 Å². The van der Waals surface area contributed by atoms with E-state index in [0.29, 0.717) is 51.3 Å². The van der Waals surface area contributed by atoms with E-state index in [-0.39, 0.29) is 22.7 Å². The third-order valence-electron chi connectivity index (χ3n) is 8.50. The summed E-state index contributed by atoms with van der Waals surface area (Å²) in [6.45, 7) is 18.4. The zero-order valence-electron chi connectivity index (χ0n) is 31.3. The van der Waals surface area contributed by atoms with E-state index in [1.54, 1.807) is 19.1 Å². The highest BCUT2D eigenvalue weighted by Crippen LogP contribution is 2.47. The first-order valence-corrected chi connectivity index (χ1v) is 16.8. The molecule has 6 nitrogen and oxygen atoms in total. The lowest BCUT2D eigenvalue weighted by Gasteiger charge is -2.31. The molecule has 2 aromatic carbocycles. The van der Waals surface area contributed by atoms with E-state index >= 15 is 0 Å². The van der Waals surface area contributed by atoms with Crippen molar-refractivity contribution in [1.82, 2.24) is 0 Å². The number of rotatable bonds is 5. The van der Waals surface area contributed by atoms with Crippen molar-refractivity contribution in [2.24, 2.45) is 36.7 Å². The van der Waals surface area contributed by atoms with Gasteiger partial charge in [0.15, 0.2) is 11.6 Å². The highest BCUT2D eigenvalue weighted by Gasteiger charge is 2.42. The van der Waals surface area contributed by atoms with E-state index in [1.807, 2.05) is 62.3 Å². The van der Waals surface area contributed by atoms with Crippen LogP contribution in [0.25, 0.3) is 11.1 Å². The summed E-state index contributed by atoms with van der Waals surface area (Å²) >= 11 is 0. The van der Waals surface area contributed by atoms with Crippen molar-refractivity contribution in [3.63, 3.8) is 0 Å². The van der Waals surface area contributed by atoms with Gasteiger partial charge in [0.05, 0.1) is 29.2 Å². The Kier molecular flexibility index (Phi) is 11.1. The summed E-state index contributed by atoms with van der Waals surface area (Å²) in [7, 11) is 0. The maximum absolute atomic E-state index is 14.4. The standard InChI is InChI=1S/C41H42F6N4O2/c1-23-15-24(16-31(35(23)52)37(2,3)4)21-48-50-28-13-11-26(12-14-28)27-19-29(40(42,43)44)34(30(20-27)41(45,46)47)51-49-22-25-17-32(38(5,6)7)36(53)33(18-25)39(8,9)10/h11-22H,1-10H3/b24-21+,50-48+,51-49+. The minimum absolute atomic E-state index is 0.0598. The summed E-state index contributed by atoms with van der Waals surface area (Å²) in [6.07, 6.45) is -1.49. The monoisotopic (exact) mass is 736 g/mol. The Labute approximate surface area is 305 Å². The van der Waals surface area contributed by atoms with E-state index in [4.69, 9.17) is 0 Å². The minimum Gasteiger partial charge on any atom is -0.289 e. The molecule has 0 N–H and O–H groups in total. The van der Waals surface area contributed by atoms with Crippen molar-refractivity contribution >= 4 is 22.9 Å². The molecule has 0 spiro atoms. The van der Waals surface area contributed by atoms with Gasteiger partial charge < -0.3 is 0 Å². The van der Waals surface area contributed by atoms with Crippen LogP contribution >= 0.6 is 0 Å². The zero-order valence-corrected chi connectivity index (χ0v) is 31.3. The fourth-order valence-corrected chi connectivity index (χ4v) is 5.65. The van der Waals surface area contributed by atoms with Gasteiger partial charge in [-0.05, 0) is 99.6 Å². The molecule has 0 bridgehead atoms. The van der Waals surface area contributed by atoms with Gasteiger partial charge in [0.2, 0.25) is 0 Å². The van der Waals surface area contributed by atoms with Gasteiger partial charge in [0, 0.05) is 16.7 Å². The van der Waals surface area contributed by atoms with Gasteiger partial charge in [-0.15, -0.1) is 5.11 Å². The third kappa shape index (κ3) is 9.71. The van der Waals surface area contributed by atoms with Crippen LogP contribution in [0.15, 0.2) is 127 Å².